The van der Waals surface area contributed by atoms with E-state index in [2.05, 4.69) is 28.8 Å². The van der Waals surface area contributed by atoms with E-state index in [4.69, 9.17) is 14.2 Å². The molecular weight excluding hydrogens is 408 g/mol. The van der Waals surface area contributed by atoms with E-state index in [-0.39, 0.29) is 12.6 Å². The average molecular weight is 439 g/mol. The molecule has 2 aromatic carbocycles. The molecule has 0 fully saturated rings. The van der Waals surface area contributed by atoms with Crippen LogP contribution in [0.2, 0.25) is 0 Å². The second-order valence-electron chi connectivity index (χ2n) is 7.63. The van der Waals surface area contributed by atoms with Gasteiger partial charge in [-0.3, -0.25) is 0 Å². The van der Waals surface area contributed by atoms with Crippen molar-refractivity contribution in [3.63, 3.8) is 0 Å². The van der Waals surface area contributed by atoms with Crippen LogP contribution < -0.4 is 20.1 Å². The molecule has 1 aliphatic rings. The number of hydrogen-bond donors (Lipinski definition) is 2. The highest BCUT2D eigenvalue weighted by Gasteiger charge is 2.33. The van der Waals surface area contributed by atoms with Crippen LogP contribution in [-0.4, -0.2) is 25.7 Å². The molecule has 1 aliphatic heterocycles. The predicted molar refractivity (Wildman–Crippen MR) is 122 cm³/mol. The van der Waals surface area contributed by atoms with Gasteiger partial charge in [0.15, 0.2) is 11.5 Å². The first kappa shape index (κ1) is 23.2. The van der Waals surface area contributed by atoms with E-state index in [9.17, 15) is 9.59 Å². The Morgan fingerprint density at radius 2 is 1.84 bits per heavy atom. The van der Waals surface area contributed by atoms with E-state index < -0.39 is 12.0 Å². The molecule has 0 aliphatic carbocycles. The number of hydrogen-bond acceptors (Lipinski definition) is 5. The van der Waals surface area contributed by atoms with E-state index in [0.29, 0.717) is 41.4 Å². The van der Waals surface area contributed by atoms with Gasteiger partial charge in [-0.25, -0.2) is 9.59 Å². The number of allylic oxidation sites excluding steroid dienone is 1. The number of carbonyl (C=O) groups excluding carboxylic acids is 2. The standard InChI is InChI=1S/C25H30N2O5/c1-6-19-22(24(28)31-7-2)23(27-25(29)26-19)17-10-11-20(21(13-17)30-5)32-14-18-12-15(3)8-9-16(18)4/h8-13,23H,6-7,14H2,1-5H3,(H2,26,27,29). The lowest BCUT2D eigenvalue weighted by Crippen LogP contribution is -2.45. The van der Waals surface area contributed by atoms with Gasteiger partial charge in [0.25, 0.3) is 0 Å². The zero-order valence-electron chi connectivity index (χ0n) is 19.2. The van der Waals surface area contributed by atoms with Crippen molar-refractivity contribution in [2.45, 2.75) is 46.8 Å². The van der Waals surface area contributed by atoms with Gasteiger partial charge in [0.1, 0.15) is 6.61 Å². The van der Waals surface area contributed by atoms with Crippen molar-refractivity contribution < 1.29 is 23.8 Å². The van der Waals surface area contributed by atoms with Crippen molar-refractivity contribution in [2.24, 2.45) is 0 Å². The summed E-state index contributed by atoms with van der Waals surface area (Å²) in [6.07, 6.45) is 0.492. The summed E-state index contributed by atoms with van der Waals surface area (Å²) in [4.78, 5) is 24.9. The van der Waals surface area contributed by atoms with Crippen LogP contribution in [0.25, 0.3) is 0 Å². The molecule has 3 rings (SSSR count). The van der Waals surface area contributed by atoms with Crippen LogP contribution >= 0.6 is 0 Å². The normalized spacial score (nSPS) is 15.7. The molecule has 7 nitrogen and oxygen atoms in total. The molecule has 0 saturated carbocycles. The summed E-state index contributed by atoms with van der Waals surface area (Å²) in [5, 5.41) is 5.54. The Morgan fingerprint density at radius 3 is 2.53 bits per heavy atom. The molecule has 32 heavy (non-hydrogen) atoms. The van der Waals surface area contributed by atoms with E-state index in [1.807, 2.05) is 26.8 Å². The zero-order valence-corrected chi connectivity index (χ0v) is 19.2. The molecule has 0 saturated heterocycles. The van der Waals surface area contributed by atoms with Gasteiger partial charge in [0.2, 0.25) is 0 Å². The first-order chi connectivity index (χ1) is 15.4. The van der Waals surface area contributed by atoms with Crippen molar-refractivity contribution in [3.05, 3.63) is 69.9 Å². The van der Waals surface area contributed by atoms with Gasteiger partial charge in [0, 0.05) is 5.70 Å². The maximum absolute atomic E-state index is 12.7. The van der Waals surface area contributed by atoms with Crippen LogP contribution in [0, 0.1) is 13.8 Å². The average Bonchev–Trinajstić information content (AvgIpc) is 2.78. The lowest BCUT2D eigenvalue weighted by molar-refractivity contribution is -0.139. The molecule has 1 heterocycles. The molecule has 0 aromatic heterocycles. The number of rotatable bonds is 8. The van der Waals surface area contributed by atoms with Crippen molar-refractivity contribution in [1.29, 1.82) is 0 Å². The smallest absolute Gasteiger partial charge is 0.338 e. The minimum atomic E-state index is -0.653. The Hall–Kier alpha value is -3.48. The van der Waals surface area contributed by atoms with Crippen LogP contribution in [0.1, 0.15) is 48.6 Å². The molecule has 0 radical (unpaired) electrons. The first-order valence-corrected chi connectivity index (χ1v) is 10.7. The van der Waals surface area contributed by atoms with Gasteiger partial charge in [-0.05, 0) is 56.0 Å². The molecular formula is C25H30N2O5. The Morgan fingerprint density at radius 1 is 1.06 bits per heavy atom. The largest absolute Gasteiger partial charge is 0.493 e. The van der Waals surface area contributed by atoms with Crippen LogP contribution in [-0.2, 0) is 16.1 Å². The summed E-state index contributed by atoms with van der Waals surface area (Å²) in [7, 11) is 1.56. The zero-order chi connectivity index (χ0) is 23.3. The number of amides is 2. The Kier molecular flexibility index (Phi) is 7.41. The maximum atomic E-state index is 12.7. The van der Waals surface area contributed by atoms with Crippen LogP contribution in [0.4, 0.5) is 4.79 Å². The summed E-state index contributed by atoms with van der Waals surface area (Å²) >= 11 is 0. The third-order valence-electron chi connectivity index (χ3n) is 5.41. The van der Waals surface area contributed by atoms with Crippen LogP contribution in [0.5, 0.6) is 11.5 Å². The fourth-order valence-corrected chi connectivity index (χ4v) is 3.69. The van der Waals surface area contributed by atoms with Crippen molar-refractivity contribution in [2.75, 3.05) is 13.7 Å². The third-order valence-corrected chi connectivity index (χ3v) is 5.41. The first-order valence-electron chi connectivity index (χ1n) is 10.7. The third kappa shape index (κ3) is 5.04. The van der Waals surface area contributed by atoms with E-state index in [1.165, 1.54) is 5.56 Å². The van der Waals surface area contributed by atoms with E-state index >= 15 is 0 Å². The second-order valence-corrected chi connectivity index (χ2v) is 7.63. The summed E-state index contributed by atoms with van der Waals surface area (Å²) < 4.78 is 16.8. The van der Waals surface area contributed by atoms with Crippen molar-refractivity contribution >= 4 is 12.0 Å². The topological polar surface area (TPSA) is 85.9 Å². The number of carbonyl (C=O) groups is 2. The minimum absolute atomic E-state index is 0.245. The lowest BCUT2D eigenvalue weighted by atomic mass is 9.94. The van der Waals surface area contributed by atoms with Crippen LogP contribution in [0.3, 0.4) is 0 Å². The summed E-state index contributed by atoms with van der Waals surface area (Å²) in [5.41, 5.74) is 5.06. The van der Waals surface area contributed by atoms with Crippen molar-refractivity contribution in [1.82, 2.24) is 10.6 Å². The molecule has 0 spiro atoms. The predicted octanol–water partition coefficient (Wildman–Crippen LogP) is 4.47. The van der Waals surface area contributed by atoms with Gasteiger partial charge in [-0.1, -0.05) is 36.8 Å². The van der Waals surface area contributed by atoms with Gasteiger partial charge >= 0.3 is 12.0 Å². The maximum Gasteiger partial charge on any atom is 0.338 e. The van der Waals surface area contributed by atoms with Crippen LogP contribution in [0.15, 0.2) is 47.7 Å². The van der Waals surface area contributed by atoms with Gasteiger partial charge in [-0.15, -0.1) is 0 Å². The highest BCUT2D eigenvalue weighted by atomic mass is 16.5. The van der Waals surface area contributed by atoms with Gasteiger partial charge < -0.3 is 24.8 Å². The fourth-order valence-electron chi connectivity index (χ4n) is 3.69. The number of esters is 1. The van der Waals surface area contributed by atoms with Crippen molar-refractivity contribution in [3.8, 4) is 11.5 Å². The number of aryl methyl sites for hydroxylation is 2. The minimum Gasteiger partial charge on any atom is -0.493 e. The quantitative estimate of drug-likeness (QED) is 0.594. The molecule has 2 amide bonds. The summed E-state index contributed by atoms with van der Waals surface area (Å²) in [5.74, 6) is 0.632. The molecule has 2 aromatic rings. The number of methoxy groups -OCH3 is 1. The number of nitrogens with one attached hydrogen (secondary N) is 2. The Labute approximate surface area is 188 Å². The number of ether oxygens (including phenoxy) is 3. The molecule has 7 heteroatoms. The molecule has 1 unspecified atom stereocenters. The summed E-state index contributed by atoms with van der Waals surface area (Å²) in [6.45, 7) is 8.37. The lowest BCUT2D eigenvalue weighted by Gasteiger charge is -2.29. The number of benzene rings is 2. The monoisotopic (exact) mass is 438 g/mol. The Bertz CT molecular complexity index is 1040. The van der Waals surface area contributed by atoms with Gasteiger partial charge in [-0.2, -0.15) is 0 Å². The summed E-state index contributed by atoms with van der Waals surface area (Å²) in [6, 6.07) is 10.6. The fraction of sp³-hybridized carbons (Fsp3) is 0.360. The van der Waals surface area contributed by atoms with E-state index in [0.717, 1.165) is 11.1 Å². The molecule has 0 bridgehead atoms. The van der Waals surface area contributed by atoms with Gasteiger partial charge in [0.05, 0.1) is 25.3 Å². The highest BCUT2D eigenvalue weighted by Crippen LogP contribution is 2.35. The Balaban J connectivity index is 1.91. The van der Waals surface area contributed by atoms with E-state index in [1.54, 1.807) is 26.2 Å². The number of urea groups is 1. The molecule has 2 N–H and O–H groups in total. The molecule has 170 valence electrons. The highest BCUT2D eigenvalue weighted by molar-refractivity contribution is 5.95. The molecule has 1 atom stereocenters. The SMILES string of the molecule is CCOC(=O)C1=C(CC)NC(=O)NC1c1ccc(OCc2cc(C)ccc2C)c(OC)c1. The second kappa shape index (κ2) is 10.2.